The minimum atomic E-state index is 1.02. The Labute approximate surface area is 116 Å². The molecule has 3 heterocycles. The minimum absolute atomic E-state index is 1.02. The Morgan fingerprint density at radius 2 is 2.05 bits per heavy atom. The Kier molecular flexibility index (Phi) is 2.21. The van der Waals surface area contributed by atoms with Crippen LogP contribution < -0.4 is 0 Å². The second kappa shape index (κ2) is 3.93. The lowest BCUT2D eigenvalue weighted by Crippen LogP contribution is -1.93. The molecule has 0 radical (unpaired) electrons. The predicted octanol–water partition coefficient (Wildman–Crippen LogP) is 3.43. The summed E-state index contributed by atoms with van der Waals surface area (Å²) in [5.74, 6) is 0. The lowest BCUT2D eigenvalue weighted by molar-refractivity contribution is 0.957. The molecule has 4 aromatic rings. The van der Waals surface area contributed by atoms with Crippen LogP contribution in [0.25, 0.3) is 33.2 Å². The number of fused-ring (bicyclic) bond motifs is 2. The molecule has 98 valence electrons. The third-order valence-electron chi connectivity index (χ3n) is 3.88. The van der Waals surface area contributed by atoms with Crippen LogP contribution in [0.1, 0.15) is 5.56 Å². The SMILES string of the molecule is Cc1ccnc2c1cc(-c1ccc3cn[nH]c3c1)n2C. The van der Waals surface area contributed by atoms with E-state index in [1.807, 2.05) is 18.5 Å². The smallest absolute Gasteiger partial charge is 0.140 e. The number of H-pyrrole nitrogens is 1. The minimum Gasteiger partial charge on any atom is -0.328 e. The van der Waals surface area contributed by atoms with Crippen LogP contribution in [-0.4, -0.2) is 19.7 Å². The molecule has 0 saturated heterocycles. The summed E-state index contributed by atoms with van der Waals surface area (Å²) in [4.78, 5) is 4.48. The molecule has 0 fully saturated rings. The van der Waals surface area contributed by atoms with Crippen molar-refractivity contribution < 1.29 is 0 Å². The topological polar surface area (TPSA) is 46.5 Å². The first-order chi connectivity index (χ1) is 9.74. The first-order valence-corrected chi connectivity index (χ1v) is 6.58. The van der Waals surface area contributed by atoms with Crippen molar-refractivity contribution in [2.24, 2.45) is 7.05 Å². The summed E-state index contributed by atoms with van der Waals surface area (Å²) in [7, 11) is 2.06. The lowest BCUT2D eigenvalue weighted by Gasteiger charge is -2.04. The molecule has 4 rings (SSSR count). The highest BCUT2D eigenvalue weighted by atomic mass is 15.1. The van der Waals surface area contributed by atoms with Gasteiger partial charge in [0.15, 0.2) is 0 Å². The van der Waals surface area contributed by atoms with Gasteiger partial charge in [0.05, 0.1) is 17.4 Å². The molecular formula is C16H14N4. The van der Waals surface area contributed by atoms with E-state index in [9.17, 15) is 0 Å². The molecule has 1 aromatic carbocycles. The van der Waals surface area contributed by atoms with Crippen molar-refractivity contribution in [3.8, 4) is 11.3 Å². The number of hydrogen-bond acceptors (Lipinski definition) is 2. The van der Waals surface area contributed by atoms with Crippen molar-refractivity contribution >= 4 is 21.9 Å². The molecule has 0 bridgehead atoms. The molecule has 0 aliphatic heterocycles. The van der Waals surface area contributed by atoms with E-state index in [4.69, 9.17) is 0 Å². The summed E-state index contributed by atoms with van der Waals surface area (Å²) in [5, 5.41) is 9.42. The third kappa shape index (κ3) is 1.48. The summed E-state index contributed by atoms with van der Waals surface area (Å²) in [6.45, 7) is 2.12. The van der Waals surface area contributed by atoms with E-state index in [2.05, 4.69) is 58.0 Å². The molecule has 4 heteroatoms. The molecule has 0 spiro atoms. The fraction of sp³-hybridized carbons (Fsp3) is 0.125. The summed E-state index contributed by atoms with van der Waals surface area (Å²) in [5.41, 5.74) is 5.65. The van der Waals surface area contributed by atoms with Gasteiger partial charge in [-0.3, -0.25) is 5.10 Å². The molecule has 0 aliphatic rings. The maximum Gasteiger partial charge on any atom is 0.140 e. The quantitative estimate of drug-likeness (QED) is 0.571. The van der Waals surface area contributed by atoms with Crippen molar-refractivity contribution in [3.05, 3.63) is 48.3 Å². The number of pyridine rings is 1. The van der Waals surface area contributed by atoms with E-state index >= 15 is 0 Å². The van der Waals surface area contributed by atoms with Crippen molar-refractivity contribution in [2.75, 3.05) is 0 Å². The van der Waals surface area contributed by atoms with E-state index in [1.54, 1.807) is 0 Å². The summed E-state index contributed by atoms with van der Waals surface area (Å²) in [6, 6.07) is 10.6. The lowest BCUT2D eigenvalue weighted by atomic mass is 10.1. The number of nitrogens with one attached hydrogen (secondary N) is 1. The normalized spacial score (nSPS) is 11.5. The number of rotatable bonds is 1. The molecule has 3 aromatic heterocycles. The number of aryl methyl sites for hydroxylation is 2. The van der Waals surface area contributed by atoms with Crippen molar-refractivity contribution in [3.63, 3.8) is 0 Å². The van der Waals surface area contributed by atoms with E-state index in [-0.39, 0.29) is 0 Å². The van der Waals surface area contributed by atoms with Gasteiger partial charge in [-0.15, -0.1) is 0 Å². The Morgan fingerprint density at radius 1 is 1.15 bits per heavy atom. The van der Waals surface area contributed by atoms with Crippen LogP contribution in [0.15, 0.2) is 42.7 Å². The van der Waals surface area contributed by atoms with Gasteiger partial charge in [0, 0.05) is 29.6 Å². The molecule has 0 atom stereocenters. The summed E-state index contributed by atoms with van der Waals surface area (Å²) < 4.78 is 2.14. The van der Waals surface area contributed by atoms with Gasteiger partial charge in [-0.25, -0.2) is 4.98 Å². The number of hydrogen-bond donors (Lipinski definition) is 1. The average Bonchev–Trinajstić information content (AvgIpc) is 3.04. The van der Waals surface area contributed by atoms with Crippen molar-refractivity contribution in [1.29, 1.82) is 0 Å². The van der Waals surface area contributed by atoms with Gasteiger partial charge in [-0.05, 0) is 30.7 Å². The molecule has 1 N–H and O–H groups in total. The van der Waals surface area contributed by atoms with Gasteiger partial charge < -0.3 is 4.57 Å². The van der Waals surface area contributed by atoms with E-state index in [1.165, 1.54) is 22.2 Å². The van der Waals surface area contributed by atoms with Crippen molar-refractivity contribution in [1.82, 2.24) is 19.7 Å². The van der Waals surface area contributed by atoms with Crippen LogP contribution in [0, 0.1) is 6.92 Å². The van der Waals surface area contributed by atoms with Crippen molar-refractivity contribution in [2.45, 2.75) is 6.92 Å². The van der Waals surface area contributed by atoms with Gasteiger partial charge in [0.25, 0.3) is 0 Å². The number of aromatic amines is 1. The zero-order valence-corrected chi connectivity index (χ0v) is 11.4. The van der Waals surface area contributed by atoms with Gasteiger partial charge in [0.1, 0.15) is 5.65 Å². The van der Waals surface area contributed by atoms with Gasteiger partial charge >= 0.3 is 0 Å². The fourth-order valence-electron chi connectivity index (χ4n) is 2.72. The Hall–Kier alpha value is -2.62. The van der Waals surface area contributed by atoms with Gasteiger partial charge in [-0.2, -0.15) is 5.10 Å². The third-order valence-corrected chi connectivity index (χ3v) is 3.88. The van der Waals surface area contributed by atoms with Crippen LogP contribution in [0.4, 0.5) is 0 Å². The molecule has 0 aliphatic carbocycles. The number of nitrogens with zero attached hydrogens (tertiary/aromatic N) is 3. The second-order valence-corrected chi connectivity index (χ2v) is 5.13. The highest BCUT2D eigenvalue weighted by Gasteiger charge is 2.11. The number of benzene rings is 1. The van der Waals surface area contributed by atoms with Gasteiger partial charge in [0.2, 0.25) is 0 Å². The van der Waals surface area contributed by atoms with E-state index < -0.39 is 0 Å². The first kappa shape index (κ1) is 11.2. The van der Waals surface area contributed by atoms with Crippen LogP contribution >= 0.6 is 0 Å². The largest absolute Gasteiger partial charge is 0.328 e. The maximum absolute atomic E-state index is 4.48. The van der Waals surface area contributed by atoms with Crippen LogP contribution in [0.3, 0.4) is 0 Å². The first-order valence-electron chi connectivity index (χ1n) is 6.58. The highest BCUT2D eigenvalue weighted by Crippen LogP contribution is 2.29. The van der Waals surface area contributed by atoms with Crippen LogP contribution in [0.5, 0.6) is 0 Å². The molecular weight excluding hydrogens is 248 g/mol. The van der Waals surface area contributed by atoms with E-state index in [0.717, 1.165) is 16.6 Å². The van der Waals surface area contributed by atoms with Gasteiger partial charge in [-0.1, -0.05) is 12.1 Å². The molecule has 4 nitrogen and oxygen atoms in total. The molecule has 0 unspecified atom stereocenters. The Morgan fingerprint density at radius 3 is 2.90 bits per heavy atom. The Bertz CT molecular complexity index is 930. The average molecular weight is 262 g/mol. The monoisotopic (exact) mass is 262 g/mol. The molecule has 20 heavy (non-hydrogen) atoms. The summed E-state index contributed by atoms with van der Waals surface area (Å²) >= 11 is 0. The zero-order valence-electron chi connectivity index (χ0n) is 11.4. The fourth-order valence-corrected chi connectivity index (χ4v) is 2.72. The predicted molar refractivity (Wildman–Crippen MR) is 80.5 cm³/mol. The molecule has 0 saturated carbocycles. The number of aromatic nitrogens is 4. The highest BCUT2D eigenvalue weighted by molar-refractivity contribution is 5.89. The van der Waals surface area contributed by atoms with Crippen LogP contribution in [0.2, 0.25) is 0 Å². The second-order valence-electron chi connectivity index (χ2n) is 5.13. The maximum atomic E-state index is 4.48. The Balaban J connectivity index is 2.01. The van der Waals surface area contributed by atoms with E-state index in [0.29, 0.717) is 0 Å². The zero-order chi connectivity index (χ0) is 13.7. The van der Waals surface area contributed by atoms with Crippen LogP contribution in [-0.2, 0) is 7.05 Å². The standard InChI is InChI=1S/C16H14N4/c1-10-5-6-17-16-13(10)8-15(20(16)2)11-3-4-12-9-18-19-14(12)7-11/h3-9H,1-2H3,(H,18,19). The molecule has 0 amide bonds. The summed E-state index contributed by atoms with van der Waals surface area (Å²) in [6.07, 6.45) is 3.70.